The molecule has 0 bridgehead atoms. The topological polar surface area (TPSA) is 142 Å². The third-order valence-corrected chi connectivity index (χ3v) is 7.71. The predicted octanol–water partition coefficient (Wildman–Crippen LogP) is 7.21. The lowest BCUT2D eigenvalue weighted by Gasteiger charge is -2.11. The van der Waals surface area contributed by atoms with Gasteiger partial charge >= 0.3 is 5.69 Å². The number of nitro benzene ring substituents is 2. The second-order valence-electron chi connectivity index (χ2n) is 9.67. The number of amides is 1. The number of rotatable bonds is 7. The van der Waals surface area contributed by atoms with Crippen LogP contribution in [0.5, 0.6) is 11.5 Å². The standard InChI is InChI=1S/C30H25N5O6S/c1-17-5-6-22(13-18(17)2)31-30-32-29(36)28(42-30)15-21-14-19(3)33(20(21)4)23-7-10-25(11-8-23)41-27-12-9-24(34(37)38)16-26(27)35(39)40/h5-16H,1-4H3,(H,31,32,36)/b28-15-. The highest BCUT2D eigenvalue weighted by Crippen LogP contribution is 2.35. The molecule has 1 aliphatic rings. The number of nitro groups is 2. The van der Waals surface area contributed by atoms with Crippen LogP contribution in [0.15, 0.2) is 76.6 Å². The van der Waals surface area contributed by atoms with Crippen molar-refractivity contribution in [1.29, 1.82) is 0 Å². The van der Waals surface area contributed by atoms with Crippen molar-refractivity contribution in [2.24, 2.45) is 4.99 Å². The first kappa shape index (κ1) is 28.3. The summed E-state index contributed by atoms with van der Waals surface area (Å²) in [5, 5.41) is 25.8. The fraction of sp³-hybridized carbons (Fsp3) is 0.133. The highest BCUT2D eigenvalue weighted by molar-refractivity contribution is 8.18. The zero-order chi connectivity index (χ0) is 30.1. The molecule has 0 saturated carbocycles. The Labute approximate surface area is 244 Å². The maximum Gasteiger partial charge on any atom is 0.318 e. The zero-order valence-corrected chi connectivity index (χ0v) is 23.9. The van der Waals surface area contributed by atoms with E-state index in [0.29, 0.717) is 15.8 Å². The SMILES string of the molecule is Cc1ccc(N=C2NC(=O)/C(=C/c3cc(C)n(-c4ccc(Oc5ccc([N+](=O)[O-])cc5[N+](=O)[O-])cc4)c3C)S2)cc1C. The summed E-state index contributed by atoms with van der Waals surface area (Å²) in [5.74, 6) is 0.0118. The third kappa shape index (κ3) is 5.79. The first-order chi connectivity index (χ1) is 20.0. The molecule has 0 unspecified atom stereocenters. The van der Waals surface area contributed by atoms with Gasteiger partial charge in [-0.05, 0) is 111 Å². The molecule has 1 aliphatic heterocycles. The molecule has 1 amide bonds. The van der Waals surface area contributed by atoms with Crippen LogP contribution >= 0.6 is 11.8 Å². The maximum atomic E-state index is 12.7. The number of amidine groups is 1. The number of carbonyl (C=O) groups is 1. The van der Waals surface area contributed by atoms with E-state index in [0.717, 1.165) is 46.0 Å². The summed E-state index contributed by atoms with van der Waals surface area (Å²) in [6, 6.07) is 18.0. The minimum Gasteiger partial charge on any atom is -0.450 e. The van der Waals surface area contributed by atoms with E-state index < -0.39 is 21.2 Å². The number of hydrogen-bond acceptors (Lipinski definition) is 8. The number of aryl methyl sites for hydroxylation is 3. The lowest BCUT2D eigenvalue weighted by atomic mass is 10.1. The molecule has 212 valence electrons. The lowest BCUT2D eigenvalue weighted by molar-refractivity contribution is -0.394. The van der Waals surface area contributed by atoms with Crippen LogP contribution < -0.4 is 10.1 Å². The number of hydrogen-bond donors (Lipinski definition) is 1. The number of benzene rings is 3. The Hall–Kier alpha value is -5.23. The van der Waals surface area contributed by atoms with Crippen molar-refractivity contribution in [2.45, 2.75) is 27.7 Å². The number of nitrogens with one attached hydrogen (secondary N) is 1. The van der Waals surface area contributed by atoms with Gasteiger partial charge in [0, 0.05) is 23.1 Å². The van der Waals surface area contributed by atoms with Gasteiger partial charge in [-0.3, -0.25) is 25.0 Å². The highest BCUT2D eigenvalue weighted by Gasteiger charge is 2.25. The summed E-state index contributed by atoms with van der Waals surface area (Å²) in [4.78, 5) is 38.8. The Balaban J connectivity index is 1.36. The number of thioether (sulfide) groups is 1. The van der Waals surface area contributed by atoms with Crippen molar-refractivity contribution < 1.29 is 19.4 Å². The van der Waals surface area contributed by atoms with Crippen molar-refractivity contribution in [3.05, 3.63) is 120 Å². The van der Waals surface area contributed by atoms with Gasteiger partial charge in [0.05, 0.1) is 26.5 Å². The fourth-order valence-corrected chi connectivity index (χ4v) is 5.34. The fourth-order valence-electron chi connectivity index (χ4n) is 4.50. The van der Waals surface area contributed by atoms with Crippen molar-refractivity contribution in [2.75, 3.05) is 0 Å². The average Bonchev–Trinajstić information content (AvgIpc) is 3.43. The van der Waals surface area contributed by atoms with Gasteiger partial charge in [-0.25, -0.2) is 4.99 Å². The molecule has 2 heterocycles. The van der Waals surface area contributed by atoms with E-state index in [-0.39, 0.29) is 11.7 Å². The monoisotopic (exact) mass is 583 g/mol. The molecular formula is C30H25N5O6S. The molecule has 11 nitrogen and oxygen atoms in total. The number of nitrogens with zero attached hydrogens (tertiary/aromatic N) is 4. The smallest absolute Gasteiger partial charge is 0.318 e. The first-order valence-corrected chi connectivity index (χ1v) is 13.6. The van der Waals surface area contributed by atoms with E-state index in [1.807, 2.05) is 62.6 Å². The number of non-ortho nitro benzene ring substituents is 1. The van der Waals surface area contributed by atoms with E-state index >= 15 is 0 Å². The average molecular weight is 584 g/mol. The van der Waals surface area contributed by atoms with Crippen LogP contribution in [0.25, 0.3) is 11.8 Å². The van der Waals surface area contributed by atoms with Crippen molar-refractivity contribution >= 4 is 46.0 Å². The van der Waals surface area contributed by atoms with Gasteiger partial charge in [-0.15, -0.1) is 0 Å². The van der Waals surface area contributed by atoms with Crippen LogP contribution in [0.3, 0.4) is 0 Å². The number of aliphatic imine (C=N–C) groups is 1. The van der Waals surface area contributed by atoms with Crippen LogP contribution in [0.1, 0.15) is 28.1 Å². The summed E-state index contributed by atoms with van der Waals surface area (Å²) in [7, 11) is 0. The molecule has 1 fully saturated rings. The van der Waals surface area contributed by atoms with Gasteiger partial charge in [0.2, 0.25) is 5.75 Å². The Morgan fingerprint density at radius 1 is 0.905 bits per heavy atom. The van der Waals surface area contributed by atoms with Crippen LogP contribution in [0.2, 0.25) is 0 Å². The molecular weight excluding hydrogens is 558 g/mol. The molecule has 3 aromatic carbocycles. The van der Waals surface area contributed by atoms with E-state index in [1.54, 1.807) is 24.3 Å². The maximum absolute atomic E-state index is 12.7. The Morgan fingerprint density at radius 3 is 2.31 bits per heavy atom. The molecule has 0 aliphatic carbocycles. The Bertz CT molecular complexity index is 1820. The first-order valence-electron chi connectivity index (χ1n) is 12.8. The summed E-state index contributed by atoms with van der Waals surface area (Å²) >= 11 is 1.29. The van der Waals surface area contributed by atoms with Crippen LogP contribution in [0, 0.1) is 47.9 Å². The summed E-state index contributed by atoms with van der Waals surface area (Å²) in [6.07, 6.45) is 1.84. The number of aromatic nitrogens is 1. The van der Waals surface area contributed by atoms with Crippen molar-refractivity contribution in [3.8, 4) is 17.2 Å². The molecule has 0 radical (unpaired) electrons. The molecule has 42 heavy (non-hydrogen) atoms. The van der Waals surface area contributed by atoms with Gasteiger partial charge in [-0.2, -0.15) is 0 Å². The van der Waals surface area contributed by atoms with E-state index in [1.165, 1.54) is 23.4 Å². The van der Waals surface area contributed by atoms with Gasteiger partial charge < -0.3 is 14.6 Å². The normalized spacial score (nSPS) is 14.8. The van der Waals surface area contributed by atoms with Crippen LogP contribution in [-0.4, -0.2) is 25.5 Å². The largest absolute Gasteiger partial charge is 0.450 e. The molecule has 1 N–H and O–H groups in total. The Morgan fingerprint density at radius 2 is 1.64 bits per heavy atom. The summed E-state index contributed by atoms with van der Waals surface area (Å²) in [6.45, 7) is 7.96. The molecule has 5 rings (SSSR count). The molecule has 0 atom stereocenters. The van der Waals surface area contributed by atoms with E-state index in [4.69, 9.17) is 4.74 Å². The Kier molecular flexibility index (Phi) is 7.64. The summed E-state index contributed by atoms with van der Waals surface area (Å²) in [5.41, 5.74) is 5.72. The third-order valence-electron chi connectivity index (χ3n) is 6.80. The number of carbonyl (C=O) groups excluding carboxylic acids is 1. The minimum absolute atomic E-state index is 0.103. The van der Waals surface area contributed by atoms with Gasteiger partial charge in [-0.1, -0.05) is 6.07 Å². The second kappa shape index (κ2) is 11.3. The van der Waals surface area contributed by atoms with Crippen molar-refractivity contribution in [3.63, 3.8) is 0 Å². The van der Waals surface area contributed by atoms with Gasteiger partial charge in [0.15, 0.2) is 5.17 Å². The minimum atomic E-state index is -0.722. The van der Waals surface area contributed by atoms with Crippen LogP contribution in [-0.2, 0) is 4.79 Å². The van der Waals surface area contributed by atoms with Crippen molar-refractivity contribution in [1.82, 2.24) is 9.88 Å². The second-order valence-corrected chi connectivity index (χ2v) is 10.7. The van der Waals surface area contributed by atoms with Gasteiger partial charge in [0.1, 0.15) is 5.75 Å². The predicted molar refractivity (Wildman–Crippen MR) is 162 cm³/mol. The molecule has 1 aromatic heterocycles. The molecule has 0 spiro atoms. The summed E-state index contributed by atoms with van der Waals surface area (Å²) < 4.78 is 7.71. The zero-order valence-electron chi connectivity index (χ0n) is 23.1. The van der Waals surface area contributed by atoms with Crippen LogP contribution in [0.4, 0.5) is 17.1 Å². The van der Waals surface area contributed by atoms with Gasteiger partial charge in [0.25, 0.3) is 11.6 Å². The lowest BCUT2D eigenvalue weighted by Crippen LogP contribution is -2.19. The quantitative estimate of drug-likeness (QED) is 0.138. The molecule has 4 aromatic rings. The van der Waals surface area contributed by atoms with E-state index in [2.05, 4.69) is 10.3 Å². The molecule has 12 heteroatoms. The highest BCUT2D eigenvalue weighted by atomic mass is 32.2. The van der Waals surface area contributed by atoms with E-state index in [9.17, 15) is 25.0 Å². The number of ether oxygens (including phenoxy) is 1. The molecule has 1 saturated heterocycles.